The quantitative estimate of drug-likeness (QED) is 0.795. The molecule has 0 saturated carbocycles. The van der Waals surface area contributed by atoms with Crippen molar-refractivity contribution in [1.29, 1.82) is 5.26 Å². The highest BCUT2D eigenvalue weighted by atomic mass is 19.1. The molecule has 152 valence electrons. The predicted molar refractivity (Wildman–Crippen MR) is 107 cm³/mol. The maximum atomic E-state index is 13.6. The molecule has 0 radical (unpaired) electrons. The van der Waals surface area contributed by atoms with E-state index in [2.05, 4.69) is 9.88 Å². The highest BCUT2D eigenvalue weighted by Gasteiger charge is 2.36. The van der Waals surface area contributed by atoms with E-state index in [1.807, 2.05) is 37.3 Å². The number of carbonyl (C=O) groups excluding carboxylic acids is 1. The van der Waals surface area contributed by atoms with Crippen LogP contribution in [0.25, 0.3) is 10.9 Å². The first kappa shape index (κ1) is 19.6. The van der Waals surface area contributed by atoms with Gasteiger partial charge in [0.2, 0.25) is 5.91 Å². The van der Waals surface area contributed by atoms with Crippen LogP contribution in [0.3, 0.4) is 0 Å². The van der Waals surface area contributed by atoms with Crippen molar-refractivity contribution in [1.82, 2.24) is 14.8 Å². The summed E-state index contributed by atoms with van der Waals surface area (Å²) >= 11 is 0. The molecule has 6 nitrogen and oxygen atoms in total. The smallest absolute Gasteiger partial charge is 0.237 e. The molecule has 1 aromatic carbocycles. The lowest BCUT2D eigenvalue weighted by molar-refractivity contribution is -0.133. The molecule has 0 aliphatic carbocycles. The number of ether oxygens (including phenoxy) is 1. The monoisotopic (exact) mass is 396 g/mol. The number of hydrogen-bond donors (Lipinski definition) is 0. The van der Waals surface area contributed by atoms with Crippen molar-refractivity contribution in [3.63, 3.8) is 0 Å². The number of piperidine rings is 1. The Balaban J connectivity index is 1.33. The summed E-state index contributed by atoms with van der Waals surface area (Å²) in [6.45, 7) is 3.78. The Morgan fingerprint density at radius 3 is 2.90 bits per heavy atom. The maximum absolute atomic E-state index is 13.6. The molecule has 2 aliphatic heterocycles. The van der Waals surface area contributed by atoms with Gasteiger partial charge in [-0.05, 0) is 37.5 Å². The number of amides is 1. The molecule has 1 aromatic heterocycles. The number of rotatable bonds is 4. The number of carbonyl (C=O) groups is 1. The van der Waals surface area contributed by atoms with Gasteiger partial charge in [0.1, 0.15) is 24.1 Å². The van der Waals surface area contributed by atoms with Crippen LogP contribution in [-0.2, 0) is 4.79 Å². The van der Waals surface area contributed by atoms with Crippen LogP contribution >= 0.6 is 0 Å². The van der Waals surface area contributed by atoms with Crippen molar-refractivity contribution >= 4 is 16.8 Å². The first-order valence-electron chi connectivity index (χ1n) is 10.1. The lowest BCUT2D eigenvalue weighted by Crippen LogP contribution is -2.46. The molecule has 2 aliphatic rings. The van der Waals surface area contributed by atoms with E-state index in [9.17, 15) is 9.18 Å². The Morgan fingerprint density at radius 2 is 2.14 bits per heavy atom. The Morgan fingerprint density at radius 1 is 1.34 bits per heavy atom. The van der Waals surface area contributed by atoms with Crippen molar-refractivity contribution in [2.75, 3.05) is 26.2 Å². The van der Waals surface area contributed by atoms with Gasteiger partial charge in [-0.2, -0.15) is 5.26 Å². The van der Waals surface area contributed by atoms with E-state index < -0.39 is 12.2 Å². The lowest BCUT2D eigenvalue weighted by atomic mass is 10.1. The van der Waals surface area contributed by atoms with E-state index in [-0.39, 0.29) is 31.5 Å². The summed E-state index contributed by atoms with van der Waals surface area (Å²) < 4.78 is 19.8. The highest BCUT2D eigenvalue weighted by Crippen LogP contribution is 2.28. The fourth-order valence-electron chi connectivity index (χ4n) is 4.23. The topological polar surface area (TPSA) is 69.5 Å². The second-order valence-corrected chi connectivity index (χ2v) is 7.90. The van der Waals surface area contributed by atoms with Gasteiger partial charge in [0, 0.05) is 31.1 Å². The molecule has 0 N–H and O–H groups in total. The van der Waals surface area contributed by atoms with Crippen LogP contribution in [0.2, 0.25) is 0 Å². The third-order valence-electron chi connectivity index (χ3n) is 5.84. The number of fused-ring (bicyclic) bond motifs is 1. The SMILES string of the molecule is Cc1cccc2c(OC3CCN(CC(=O)N4C[C@@H](F)C[C@H]4C#N)CC3)ccnc12. The van der Waals surface area contributed by atoms with Crippen molar-refractivity contribution in [3.8, 4) is 11.8 Å². The number of likely N-dealkylation sites (tertiary alicyclic amines) is 2. The Hall–Kier alpha value is -2.72. The number of para-hydroxylation sites is 1. The molecule has 7 heteroatoms. The standard InChI is InChI=1S/C22H25FN4O2/c1-15-3-2-4-19-20(5-8-25-22(15)19)29-18-6-9-26(10-7-18)14-21(28)27-13-16(23)11-17(27)12-24/h2-5,8,16-18H,6-7,9-11,13-14H2,1H3/t16-,17-/m0/s1. The molecule has 1 amide bonds. The van der Waals surface area contributed by atoms with Gasteiger partial charge in [0.05, 0.1) is 24.7 Å². The average molecular weight is 396 g/mol. The summed E-state index contributed by atoms with van der Waals surface area (Å²) in [6.07, 6.45) is 2.52. The number of aromatic nitrogens is 1. The van der Waals surface area contributed by atoms with Crippen molar-refractivity contribution in [2.45, 2.75) is 44.5 Å². The van der Waals surface area contributed by atoms with Crippen LogP contribution < -0.4 is 4.74 Å². The fourth-order valence-corrected chi connectivity index (χ4v) is 4.23. The van der Waals surface area contributed by atoms with Gasteiger partial charge in [0.25, 0.3) is 0 Å². The van der Waals surface area contributed by atoms with Gasteiger partial charge in [-0.1, -0.05) is 12.1 Å². The van der Waals surface area contributed by atoms with E-state index in [1.54, 1.807) is 6.20 Å². The summed E-state index contributed by atoms with van der Waals surface area (Å²) in [5, 5.41) is 10.1. The lowest BCUT2D eigenvalue weighted by Gasteiger charge is -2.33. The van der Waals surface area contributed by atoms with E-state index in [0.29, 0.717) is 0 Å². The molecular weight excluding hydrogens is 371 g/mol. The van der Waals surface area contributed by atoms with E-state index in [1.165, 1.54) is 4.90 Å². The van der Waals surface area contributed by atoms with E-state index in [0.717, 1.165) is 48.1 Å². The summed E-state index contributed by atoms with van der Waals surface area (Å²) in [7, 11) is 0. The molecule has 0 bridgehead atoms. The Bertz CT molecular complexity index is 936. The minimum atomic E-state index is -1.10. The molecule has 4 rings (SSSR count). The van der Waals surface area contributed by atoms with Crippen molar-refractivity contribution < 1.29 is 13.9 Å². The van der Waals surface area contributed by atoms with Gasteiger partial charge >= 0.3 is 0 Å². The Labute approximate surface area is 169 Å². The predicted octanol–water partition coefficient (Wildman–Crippen LogP) is 2.85. The minimum Gasteiger partial charge on any atom is -0.490 e. The first-order chi connectivity index (χ1) is 14.0. The normalized spacial score (nSPS) is 23.3. The number of hydrogen-bond acceptors (Lipinski definition) is 5. The van der Waals surface area contributed by atoms with Crippen LogP contribution in [0.4, 0.5) is 4.39 Å². The molecular formula is C22H25FN4O2. The number of nitrogens with zero attached hydrogens (tertiary/aromatic N) is 4. The molecule has 2 saturated heterocycles. The van der Waals surface area contributed by atoms with Gasteiger partial charge in [0.15, 0.2) is 0 Å². The molecule has 29 heavy (non-hydrogen) atoms. The third kappa shape index (κ3) is 4.18. The Kier molecular flexibility index (Phi) is 5.63. The third-order valence-corrected chi connectivity index (χ3v) is 5.84. The highest BCUT2D eigenvalue weighted by molar-refractivity contribution is 5.87. The van der Waals surface area contributed by atoms with Gasteiger partial charge in [-0.3, -0.25) is 14.7 Å². The maximum Gasteiger partial charge on any atom is 0.237 e. The van der Waals surface area contributed by atoms with Crippen molar-refractivity contribution in [3.05, 3.63) is 36.0 Å². The molecule has 0 spiro atoms. The van der Waals surface area contributed by atoms with Crippen LogP contribution in [0.15, 0.2) is 30.5 Å². The number of alkyl halides is 1. The molecule has 2 aromatic rings. The second-order valence-electron chi connectivity index (χ2n) is 7.90. The zero-order valence-corrected chi connectivity index (χ0v) is 16.6. The average Bonchev–Trinajstić information content (AvgIpc) is 3.11. The van der Waals surface area contributed by atoms with Gasteiger partial charge < -0.3 is 9.64 Å². The molecule has 2 fully saturated rings. The van der Waals surface area contributed by atoms with E-state index in [4.69, 9.17) is 10.00 Å². The molecule has 0 unspecified atom stereocenters. The first-order valence-corrected chi connectivity index (χ1v) is 10.1. The number of nitriles is 1. The van der Waals surface area contributed by atoms with Crippen LogP contribution in [-0.4, -0.2) is 65.2 Å². The summed E-state index contributed by atoms with van der Waals surface area (Å²) in [5.41, 5.74) is 2.08. The summed E-state index contributed by atoms with van der Waals surface area (Å²) in [6, 6.07) is 9.38. The van der Waals surface area contributed by atoms with Crippen LogP contribution in [0, 0.1) is 18.3 Å². The number of aryl methyl sites for hydroxylation is 1. The molecule has 2 atom stereocenters. The zero-order valence-electron chi connectivity index (χ0n) is 16.6. The summed E-state index contributed by atoms with van der Waals surface area (Å²) in [5.74, 6) is 0.683. The number of pyridine rings is 1. The number of benzene rings is 1. The van der Waals surface area contributed by atoms with Crippen molar-refractivity contribution in [2.24, 2.45) is 0 Å². The summed E-state index contributed by atoms with van der Waals surface area (Å²) in [4.78, 5) is 20.4. The van der Waals surface area contributed by atoms with Gasteiger partial charge in [-0.15, -0.1) is 0 Å². The fraction of sp³-hybridized carbons (Fsp3) is 0.500. The van der Waals surface area contributed by atoms with Crippen LogP contribution in [0.5, 0.6) is 5.75 Å². The minimum absolute atomic E-state index is 0.0329. The van der Waals surface area contributed by atoms with E-state index >= 15 is 0 Å². The van der Waals surface area contributed by atoms with Gasteiger partial charge in [-0.25, -0.2) is 4.39 Å². The second kappa shape index (κ2) is 8.34. The number of halogens is 1. The zero-order chi connectivity index (χ0) is 20.4. The largest absolute Gasteiger partial charge is 0.490 e. The van der Waals surface area contributed by atoms with Crippen LogP contribution in [0.1, 0.15) is 24.8 Å². The molecule has 3 heterocycles.